The zero-order valence-electron chi connectivity index (χ0n) is 10.7. The third-order valence-electron chi connectivity index (χ3n) is 3.47. The Bertz CT molecular complexity index is 371. The van der Waals surface area contributed by atoms with Crippen molar-refractivity contribution in [2.24, 2.45) is 0 Å². The Morgan fingerprint density at radius 1 is 1.31 bits per heavy atom. The van der Waals surface area contributed by atoms with Gasteiger partial charge in [-0.25, -0.2) is 0 Å². The number of hydrogen-bond acceptors (Lipinski definition) is 2. The van der Waals surface area contributed by atoms with Crippen molar-refractivity contribution in [2.45, 2.75) is 39.3 Å². The molecule has 1 atom stereocenters. The van der Waals surface area contributed by atoms with Crippen molar-refractivity contribution in [2.75, 3.05) is 18.0 Å². The van der Waals surface area contributed by atoms with E-state index in [0.717, 1.165) is 13.1 Å². The minimum absolute atomic E-state index is 0.184. The molecule has 16 heavy (non-hydrogen) atoms. The molecule has 1 saturated heterocycles. The molecule has 2 rings (SSSR count). The van der Waals surface area contributed by atoms with E-state index < -0.39 is 0 Å². The average Bonchev–Trinajstić information content (AvgIpc) is 2.19. The van der Waals surface area contributed by atoms with Crippen LogP contribution in [-0.4, -0.2) is 24.7 Å². The quantitative estimate of drug-likeness (QED) is 0.779. The van der Waals surface area contributed by atoms with Crippen LogP contribution in [0.2, 0.25) is 0 Å². The molecule has 0 spiro atoms. The van der Waals surface area contributed by atoms with Gasteiger partial charge < -0.3 is 10.2 Å². The van der Waals surface area contributed by atoms with Crippen molar-refractivity contribution in [1.82, 2.24) is 5.32 Å². The van der Waals surface area contributed by atoms with E-state index in [1.807, 2.05) is 0 Å². The smallest absolute Gasteiger partial charge is 0.0473 e. The van der Waals surface area contributed by atoms with Gasteiger partial charge in [0.2, 0.25) is 0 Å². The fourth-order valence-electron chi connectivity index (χ4n) is 2.76. The number of nitrogens with zero attached hydrogens (tertiary/aromatic N) is 1. The van der Waals surface area contributed by atoms with Crippen LogP contribution >= 0.6 is 0 Å². The maximum Gasteiger partial charge on any atom is 0.0473 e. The summed E-state index contributed by atoms with van der Waals surface area (Å²) in [6.45, 7) is 11.2. The number of anilines is 1. The summed E-state index contributed by atoms with van der Waals surface area (Å²) in [4.78, 5) is 2.55. The van der Waals surface area contributed by atoms with Crippen LogP contribution < -0.4 is 10.2 Å². The number of piperazine rings is 1. The van der Waals surface area contributed by atoms with Gasteiger partial charge in [-0.1, -0.05) is 18.2 Å². The van der Waals surface area contributed by atoms with Crippen molar-refractivity contribution in [3.63, 3.8) is 0 Å². The lowest BCUT2D eigenvalue weighted by molar-refractivity contribution is 0.333. The minimum atomic E-state index is 0.184. The summed E-state index contributed by atoms with van der Waals surface area (Å²) in [5.74, 6) is 0. The summed E-state index contributed by atoms with van der Waals surface area (Å²) >= 11 is 0. The molecule has 2 nitrogen and oxygen atoms in total. The summed E-state index contributed by atoms with van der Waals surface area (Å²) in [5, 5.41) is 3.50. The molecule has 1 unspecified atom stereocenters. The van der Waals surface area contributed by atoms with E-state index in [2.05, 4.69) is 62.2 Å². The molecule has 1 aromatic carbocycles. The number of rotatable bonds is 1. The molecular weight excluding hydrogens is 196 g/mol. The Hall–Kier alpha value is -1.02. The maximum atomic E-state index is 3.50. The zero-order chi connectivity index (χ0) is 11.8. The molecule has 1 aliphatic heterocycles. The molecule has 1 heterocycles. The van der Waals surface area contributed by atoms with Crippen LogP contribution in [0.1, 0.15) is 26.3 Å². The van der Waals surface area contributed by atoms with E-state index in [-0.39, 0.29) is 5.54 Å². The zero-order valence-corrected chi connectivity index (χ0v) is 10.7. The van der Waals surface area contributed by atoms with E-state index in [1.165, 1.54) is 11.3 Å². The highest BCUT2D eigenvalue weighted by atomic mass is 15.3. The van der Waals surface area contributed by atoms with Crippen LogP contribution in [0, 0.1) is 6.92 Å². The predicted octanol–water partition coefficient (Wildman–Crippen LogP) is 2.57. The van der Waals surface area contributed by atoms with Crippen molar-refractivity contribution >= 4 is 5.69 Å². The first-order valence-corrected chi connectivity index (χ1v) is 6.08. The highest BCUT2D eigenvalue weighted by Gasteiger charge is 2.34. The first kappa shape index (κ1) is 11.5. The molecule has 1 N–H and O–H groups in total. The molecule has 0 aliphatic carbocycles. The number of para-hydroxylation sites is 1. The van der Waals surface area contributed by atoms with Crippen LogP contribution in [0.3, 0.4) is 0 Å². The molecule has 0 bridgehead atoms. The van der Waals surface area contributed by atoms with Crippen molar-refractivity contribution in [3.05, 3.63) is 29.8 Å². The minimum Gasteiger partial charge on any atom is -0.361 e. The third-order valence-corrected chi connectivity index (χ3v) is 3.47. The molecule has 1 aliphatic rings. The fraction of sp³-hybridized carbons (Fsp3) is 0.571. The highest BCUT2D eigenvalue weighted by molar-refractivity contribution is 5.56. The van der Waals surface area contributed by atoms with Crippen LogP contribution in [0.15, 0.2) is 24.3 Å². The molecule has 1 fully saturated rings. The highest BCUT2D eigenvalue weighted by Crippen LogP contribution is 2.30. The van der Waals surface area contributed by atoms with Gasteiger partial charge in [-0.05, 0) is 39.3 Å². The lowest BCUT2D eigenvalue weighted by Crippen LogP contribution is -2.62. The van der Waals surface area contributed by atoms with Gasteiger partial charge in [-0.3, -0.25) is 0 Å². The SMILES string of the molecule is Cc1ccccc1N1C(C)CNCC1(C)C. The molecule has 0 saturated carbocycles. The van der Waals surface area contributed by atoms with Crippen LogP contribution in [0.5, 0.6) is 0 Å². The van der Waals surface area contributed by atoms with Crippen molar-refractivity contribution in [3.8, 4) is 0 Å². The lowest BCUT2D eigenvalue weighted by atomic mass is 9.94. The average molecular weight is 218 g/mol. The molecule has 0 amide bonds. The van der Waals surface area contributed by atoms with Crippen molar-refractivity contribution < 1.29 is 0 Å². The number of hydrogen-bond donors (Lipinski definition) is 1. The number of nitrogens with one attached hydrogen (secondary N) is 1. The van der Waals surface area contributed by atoms with Gasteiger partial charge in [0.05, 0.1) is 0 Å². The fourth-order valence-corrected chi connectivity index (χ4v) is 2.76. The number of benzene rings is 1. The van der Waals surface area contributed by atoms with Gasteiger partial charge in [-0.2, -0.15) is 0 Å². The van der Waals surface area contributed by atoms with Gasteiger partial charge in [-0.15, -0.1) is 0 Å². The number of aryl methyl sites for hydroxylation is 1. The van der Waals surface area contributed by atoms with Crippen LogP contribution in [0.25, 0.3) is 0 Å². The molecule has 0 aromatic heterocycles. The lowest BCUT2D eigenvalue weighted by Gasteiger charge is -2.49. The third kappa shape index (κ3) is 1.94. The largest absolute Gasteiger partial charge is 0.361 e. The second-order valence-corrected chi connectivity index (χ2v) is 5.45. The Morgan fingerprint density at radius 3 is 2.62 bits per heavy atom. The van der Waals surface area contributed by atoms with E-state index in [1.54, 1.807) is 0 Å². The van der Waals surface area contributed by atoms with E-state index >= 15 is 0 Å². The maximum absolute atomic E-state index is 3.50. The molecule has 1 aromatic rings. The van der Waals surface area contributed by atoms with Gasteiger partial charge in [0.1, 0.15) is 0 Å². The van der Waals surface area contributed by atoms with Gasteiger partial charge in [0.25, 0.3) is 0 Å². The Balaban J connectivity index is 2.40. The second-order valence-electron chi connectivity index (χ2n) is 5.45. The Kier molecular flexibility index (Phi) is 2.94. The first-order valence-electron chi connectivity index (χ1n) is 6.08. The van der Waals surface area contributed by atoms with E-state index in [9.17, 15) is 0 Å². The summed E-state index contributed by atoms with van der Waals surface area (Å²) in [5.41, 5.74) is 2.93. The summed E-state index contributed by atoms with van der Waals surface area (Å²) in [7, 11) is 0. The van der Waals surface area contributed by atoms with E-state index in [0.29, 0.717) is 6.04 Å². The van der Waals surface area contributed by atoms with E-state index in [4.69, 9.17) is 0 Å². The van der Waals surface area contributed by atoms with Crippen LogP contribution in [-0.2, 0) is 0 Å². The van der Waals surface area contributed by atoms with Crippen molar-refractivity contribution in [1.29, 1.82) is 0 Å². The predicted molar refractivity (Wildman–Crippen MR) is 70.1 cm³/mol. The van der Waals surface area contributed by atoms with Gasteiger partial charge in [0, 0.05) is 30.4 Å². The monoisotopic (exact) mass is 218 g/mol. The van der Waals surface area contributed by atoms with Crippen LogP contribution in [0.4, 0.5) is 5.69 Å². The Labute approximate surface area is 98.7 Å². The standard InChI is InChI=1S/C14H22N2/c1-11-7-5-6-8-13(11)16-12(2)9-15-10-14(16,3)4/h5-8,12,15H,9-10H2,1-4H3. The summed E-state index contributed by atoms with van der Waals surface area (Å²) in [6.07, 6.45) is 0. The van der Waals surface area contributed by atoms with Gasteiger partial charge >= 0.3 is 0 Å². The molecule has 88 valence electrons. The first-order chi connectivity index (χ1) is 7.52. The molecule has 0 radical (unpaired) electrons. The topological polar surface area (TPSA) is 15.3 Å². The second kappa shape index (κ2) is 4.10. The summed E-state index contributed by atoms with van der Waals surface area (Å²) in [6, 6.07) is 9.22. The molecule has 2 heteroatoms. The van der Waals surface area contributed by atoms with Gasteiger partial charge in [0.15, 0.2) is 0 Å². The molecular formula is C14H22N2. The summed E-state index contributed by atoms with van der Waals surface area (Å²) < 4.78 is 0. The Morgan fingerprint density at radius 2 is 2.00 bits per heavy atom. The normalized spacial score (nSPS) is 24.5.